The molecule has 1 aliphatic carbocycles. The van der Waals surface area contributed by atoms with E-state index in [-0.39, 0.29) is 0 Å². The average molecular weight is 249 g/mol. The van der Waals surface area contributed by atoms with Gasteiger partial charge in [-0.25, -0.2) is 0 Å². The van der Waals surface area contributed by atoms with Gasteiger partial charge in [-0.2, -0.15) is 0 Å². The van der Waals surface area contributed by atoms with Crippen molar-refractivity contribution in [2.75, 3.05) is 13.7 Å². The van der Waals surface area contributed by atoms with Crippen LogP contribution < -0.4 is 10.1 Å². The lowest BCUT2D eigenvalue weighted by Gasteiger charge is -2.19. The van der Waals surface area contributed by atoms with Crippen molar-refractivity contribution >= 4 is 0 Å². The van der Waals surface area contributed by atoms with Crippen molar-refractivity contribution < 1.29 is 9.47 Å². The molecule has 0 aromatic heterocycles. The second-order valence-corrected chi connectivity index (χ2v) is 4.77. The Kier molecular flexibility index (Phi) is 5.02. The predicted molar refractivity (Wildman–Crippen MR) is 72.9 cm³/mol. The molecule has 1 aromatic carbocycles. The molecule has 0 bridgehead atoms. The topological polar surface area (TPSA) is 30.5 Å². The Morgan fingerprint density at radius 1 is 1.22 bits per heavy atom. The standard InChI is InChI=1S/C15H23NO2/c1-3-18-13-9-7-12(8-10-13)11-16-14-5-4-6-15(14)17-2/h7-10,14-16H,3-6,11H2,1-2H3. The lowest BCUT2D eigenvalue weighted by molar-refractivity contribution is 0.0847. The maximum atomic E-state index is 5.48. The summed E-state index contributed by atoms with van der Waals surface area (Å²) in [6.07, 6.45) is 4.04. The fraction of sp³-hybridized carbons (Fsp3) is 0.600. The fourth-order valence-electron chi connectivity index (χ4n) is 2.56. The first-order valence-corrected chi connectivity index (χ1v) is 6.81. The highest BCUT2D eigenvalue weighted by Gasteiger charge is 2.26. The first-order valence-electron chi connectivity index (χ1n) is 6.81. The van der Waals surface area contributed by atoms with Crippen LogP contribution in [0.4, 0.5) is 0 Å². The van der Waals surface area contributed by atoms with Crippen LogP contribution >= 0.6 is 0 Å². The molecule has 2 rings (SSSR count). The van der Waals surface area contributed by atoms with E-state index in [1.807, 2.05) is 26.2 Å². The Bertz CT molecular complexity index is 350. The fourth-order valence-corrected chi connectivity index (χ4v) is 2.56. The molecule has 1 aromatic rings. The normalized spacial score (nSPS) is 23.2. The van der Waals surface area contributed by atoms with Crippen molar-refractivity contribution in [2.45, 2.75) is 44.9 Å². The van der Waals surface area contributed by atoms with Gasteiger partial charge in [-0.1, -0.05) is 12.1 Å². The zero-order chi connectivity index (χ0) is 12.8. The Morgan fingerprint density at radius 2 is 2.00 bits per heavy atom. The number of hydrogen-bond acceptors (Lipinski definition) is 3. The van der Waals surface area contributed by atoms with Gasteiger partial charge in [0.25, 0.3) is 0 Å². The number of nitrogens with one attached hydrogen (secondary N) is 1. The van der Waals surface area contributed by atoms with Gasteiger partial charge in [0, 0.05) is 19.7 Å². The van der Waals surface area contributed by atoms with E-state index in [1.54, 1.807) is 0 Å². The van der Waals surface area contributed by atoms with Crippen LogP contribution in [0.3, 0.4) is 0 Å². The van der Waals surface area contributed by atoms with E-state index in [2.05, 4.69) is 17.4 Å². The molecule has 0 heterocycles. The summed E-state index contributed by atoms with van der Waals surface area (Å²) in [7, 11) is 1.81. The molecule has 3 nitrogen and oxygen atoms in total. The SMILES string of the molecule is CCOc1ccc(CNC2CCCC2OC)cc1. The largest absolute Gasteiger partial charge is 0.494 e. The van der Waals surface area contributed by atoms with Crippen LogP contribution in [0.1, 0.15) is 31.7 Å². The van der Waals surface area contributed by atoms with Crippen molar-refractivity contribution in [2.24, 2.45) is 0 Å². The highest BCUT2D eigenvalue weighted by molar-refractivity contribution is 5.27. The van der Waals surface area contributed by atoms with Gasteiger partial charge in [-0.05, 0) is 43.9 Å². The summed E-state index contributed by atoms with van der Waals surface area (Å²) in [5.41, 5.74) is 1.29. The molecule has 18 heavy (non-hydrogen) atoms. The van der Waals surface area contributed by atoms with Crippen molar-refractivity contribution in [1.29, 1.82) is 0 Å². The molecule has 1 fully saturated rings. The maximum Gasteiger partial charge on any atom is 0.119 e. The van der Waals surface area contributed by atoms with Gasteiger partial charge in [-0.15, -0.1) is 0 Å². The third kappa shape index (κ3) is 3.47. The smallest absolute Gasteiger partial charge is 0.119 e. The van der Waals surface area contributed by atoms with Crippen LogP contribution in [0.5, 0.6) is 5.75 Å². The van der Waals surface area contributed by atoms with Gasteiger partial charge < -0.3 is 14.8 Å². The third-order valence-corrected chi connectivity index (χ3v) is 3.56. The molecule has 0 amide bonds. The second-order valence-electron chi connectivity index (χ2n) is 4.77. The van der Waals surface area contributed by atoms with Crippen molar-refractivity contribution in [3.63, 3.8) is 0 Å². The minimum Gasteiger partial charge on any atom is -0.494 e. The van der Waals surface area contributed by atoms with E-state index in [9.17, 15) is 0 Å². The van der Waals surface area contributed by atoms with Crippen LogP contribution in [0.25, 0.3) is 0 Å². The molecular weight excluding hydrogens is 226 g/mol. The molecule has 2 unspecified atom stereocenters. The number of benzene rings is 1. The lowest BCUT2D eigenvalue weighted by atomic mass is 10.1. The molecule has 0 spiro atoms. The predicted octanol–water partition coefficient (Wildman–Crippen LogP) is 2.74. The van der Waals surface area contributed by atoms with Gasteiger partial charge in [0.2, 0.25) is 0 Å². The van der Waals surface area contributed by atoms with Crippen LogP contribution in [0.15, 0.2) is 24.3 Å². The van der Waals surface area contributed by atoms with E-state index < -0.39 is 0 Å². The van der Waals surface area contributed by atoms with E-state index in [1.165, 1.54) is 24.8 Å². The van der Waals surface area contributed by atoms with Gasteiger partial charge in [0.05, 0.1) is 12.7 Å². The quantitative estimate of drug-likeness (QED) is 0.841. The molecule has 2 atom stereocenters. The van der Waals surface area contributed by atoms with Gasteiger partial charge in [0.1, 0.15) is 5.75 Å². The number of rotatable bonds is 6. The number of methoxy groups -OCH3 is 1. The minimum absolute atomic E-state index is 0.382. The van der Waals surface area contributed by atoms with E-state index in [0.717, 1.165) is 18.9 Å². The van der Waals surface area contributed by atoms with Crippen molar-refractivity contribution in [3.8, 4) is 5.75 Å². The van der Waals surface area contributed by atoms with E-state index in [0.29, 0.717) is 12.1 Å². The first-order chi connectivity index (χ1) is 8.83. The zero-order valence-corrected chi connectivity index (χ0v) is 11.3. The molecule has 0 aliphatic heterocycles. The highest BCUT2D eigenvalue weighted by Crippen LogP contribution is 2.22. The van der Waals surface area contributed by atoms with Crippen LogP contribution in [-0.4, -0.2) is 25.9 Å². The zero-order valence-electron chi connectivity index (χ0n) is 11.3. The molecule has 0 saturated heterocycles. The molecule has 1 saturated carbocycles. The third-order valence-electron chi connectivity index (χ3n) is 3.56. The van der Waals surface area contributed by atoms with Gasteiger partial charge in [0.15, 0.2) is 0 Å². The molecule has 1 N–H and O–H groups in total. The second kappa shape index (κ2) is 6.76. The molecule has 1 aliphatic rings. The summed E-state index contributed by atoms with van der Waals surface area (Å²) in [4.78, 5) is 0. The van der Waals surface area contributed by atoms with Crippen LogP contribution in [0, 0.1) is 0 Å². The Morgan fingerprint density at radius 3 is 2.67 bits per heavy atom. The number of ether oxygens (including phenoxy) is 2. The Labute approximate surface area is 109 Å². The van der Waals surface area contributed by atoms with Crippen molar-refractivity contribution in [1.82, 2.24) is 5.32 Å². The Hall–Kier alpha value is -1.06. The summed E-state index contributed by atoms with van der Waals surface area (Å²) in [5, 5.41) is 3.58. The van der Waals surface area contributed by atoms with Crippen LogP contribution in [0.2, 0.25) is 0 Å². The summed E-state index contributed by atoms with van der Waals surface area (Å²) in [5.74, 6) is 0.942. The van der Waals surface area contributed by atoms with Crippen LogP contribution in [-0.2, 0) is 11.3 Å². The monoisotopic (exact) mass is 249 g/mol. The maximum absolute atomic E-state index is 5.48. The summed E-state index contributed by atoms with van der Waals surface area (Å²) in [6.45, 7) is 3.62. The molecule has 0 radical (unpaired) electrons. The molecule has 3 heteroatoms. The van der Waals surface area contributed by atoms with Crippen molar-refractivity contribution in [3.05, 3.63) is 29.8 Å². The molecular formula is C15H23NO2. The Balaban J connectivity index is 1.82. The summed E-state index contributed by atoms with van der Waals surface area (Å²) >= 11 is 0. The average Bonchev–Trinajstić information content (AvgIpc) is 2.86. The van der Waals surface area contributed by atoms with Gasteiger partial charge >= 0.3 is 0 Å². The lowest BCUT2D eigenvalue weighted by Crippen LogP contribution is -2.36. The summed E-state index contributed by atoms with van der Waals surface area (Å²) in [6, 6.07) is 8.80. The highest BCUT2D eigenvalue weighted by atomic mass is 16.5. The van der Waals surface area contributed by atoms with Gasteiger partial charge in [-0.3, -0.25) is 0 Å². The van der Waals surface area contributed by atoms with E-state index >= 15 is 0 Å². The number of hydrogen-bond donors (Lipinski definition) is 1. The molecule has 100 valence electrons. The first kappa shape index (κ1) is 13.4. The summed E-state index contributed by atoms with van der Waals surface area (Å²) < 4.78 is 10.9. The minimum atomic E-state index is 0.382. The van der Waals surface area contributed by atoms with E-state index in [4.69, 9.17) is 9.47 Å².